The predicted molar refractivity (Wildman–Crippen MR) is 66.3 cm³/mol. The lowest BCUT2D eigenvalue weighted by Crippen LogP contribution is -2.34. The molecule has 1 aliphatic heterocycles. The second-order valence-corrected chi connectivity index (χ2v) is 5.38. The number of ether oxygens (including phenoxy) is 1. The first kappa shape index (κ1) is 12.6. The minimum absolute atomic E-state index is 0.0330. The molecule has 0 spiro atoms. The van der Waals surface area contributed by atoms with E-state index in [0.717, 1.165) is 19.4 Å². The Hall–Kier alpha value is -1.43. The first-order valence-electron chi connectivity index (χ1n) is 6.91. The van der Waals surface area contributed by atoms with Crippen LogP contribution in [-0.2, 0) is 9.53 Å². The van der Waals surface area contributed by atoms with Gasteiger partial charge in [-0.25, -0.2) is 0 Å². The molecule has 2 heterocycles. The van der Waals surface area contributed by atoms with Crippen LogP contribution < -0.4 is 0 Å². The van der Waals surface area contributed by atoms with Crippen LogP contribution in [0.5, 0.6) is 0 Å². The highest BCUT2D eigenvalue weighted by Crippen LogP contribution is 2.31. The Morgan fingerprint density at radius 2 is 2.32 bits per heavy atom. The van der Waals surface area contributed by atoms with Gasteiger partial charge in [0.25, 0.3) is 0 Å². The molecule has 1 saturated carbocycles. The van der Waals surface area contributed by atoms with Gasteiger partial charge in [-0.2, -0.15) is 4.98 Å². The van der Waals surface area contributed by atoms with Crippen LogP contribution >= 0.6 is 0 Å². The normalized spacial score (nSPS) is 23.0. The third-order valence-corrected chi connectivity index (χ3v) is 3.69. The van der Waals surface area contributed by atoms with Crippen molar-refractivity contribution in [3.63, 3.8) is 0 Å². The summed E-state index contributed by atoms with van der Waals surface area (Å²) in [5.74, 6) is 1.87. The number of carbonyl (C=O) groups is 1. The lowest BCUT2D eigenvalue weighted by Gasteiger charge is -2.22. The maximum atomic E-state index is 12.2. The van der Waals surface area contributed by atoms with E-state index in [1.807, 2.05) is 4.90 Å². The van der Waals surface area contributed by atoms with Crippen molar-refractivity contribution in [1.29, 1.82) is 0 Å². The average Bonchev–Trinajstić information content (AvgIpc) is 2.91. The van der Waals surface area contributed by atoms with Crippen molar-refractivity contribution in [3.8, 4) is 0 Å². The van der Waals surface area contributed by atoms with E-state index in [1.165, 1.54) is 12.8 Å². The van der Waals surface area contributed by atoms with Gasteiger partial charge in [-0.1, -0.05) is 5.16 Å². The van der Waals surface area contributed by atoms with Crippen molar-refractivity contribution in [1.82, 2.24) is 15.0 Å². The lowest BCUT2D eigenvalue weighted by molar-refractivity contribution is -0.137. The molecule has 0 aromatic carbocycles. The van der Waals surface area contributed by atoms with E-state index in [0.29, 0.717) is 24.2 Å². The van der Waals surface area contributed by atoms with E-state index in [9.17, 15) is 4.79 Å². The van der Waals surface area contributed by atoms with Crippen LogP contribution in [0.2, 0.25) is 0 Å². The number of amides is 1. The molecule has 104 valence electrons. The topological polar surface area (TPSA) is 68.5 Å². The van der Waals surface area contributed by atoms with Crippen LogP contribution in [0.15, 0.2) is 4.52 Å². The highest BCUT2D eigenvalue weighted by Gasteiger charge is 2.33. The molecule has 19 heavy (non-hydrogen) atoms. The van der Waals surface area contributed by atoms with Crippen molar-refractivity contribution in [3.05, 3.63) is 11.7 Å². The van der Waals surface area contributed by atoms with E-state index in [2.05, 4.69) is 10.1 Å². The average molecular weight is 265 g/mol. The zero-order valence-corrected chi connectivity index (χ0v) is 11.2. The first-order chi connectivity index (χ1) is 9.24. The van der Waals surface area contributed by atoms with Crippen molar-refractivity contribution < 1.29 is 14.1 Å². The molecule has 6 nitrogen and oxygen atoms in total. The molecular weight excluding hydrogens is 246 g/mol. The van der Waals surface area contributed by atoms with Crippen LogP contribution in [0.25, 0.3) is 0 Å². The molecule has 1 amide bonds. The summed E-state index contributed by atoms with van der Waals surface area (Å²) in [5, 5.41) is 3.93. The fourth-order valence-corrected chi connectivity index (χ4v) is 2.46. The Balaban J connectivity index is 1.56. The van der Waals surface area contributed by atoms with Crippen molar-refractivity contribution in [2.75, 3.05) is 19.8 Å². The summed E-state index contributed by atoms with van der Waals surface area (Å²) in [5.41, 5.74) is 0. The van der Waals surface area contributed by atoms with E-state index >= 15 is 0 Å². The predicted octanol–water partition coefficient (Wildman–Crippen LogP) is 1.47. The summed E-state index contributed by atoms with van der Waals surface area (Å²) in [6.45, 7) is 3.40. The van der Waals surface area contributed by atoms with E-state index in [4.69, 9.17) is 9.26 Å². The number of nitrogens with zero attached hydrogens (tertiary/aromatic N) is 3. The molecule has 2 aliphatic rings. The molecule has 1 unspecified atom stereocenters. The summed E-state index contributed by atoms with van der Waals surface area (Å²) in [6, 6.07) is -0.0468. The first-order valence-corrected chi connectivity index (χ1v) is 6.91. The Kier molecular flexibility index (Phi) is 3.50. The second-order valence-electron chi connectivity index (χ2n) is 5.38. The Morgan fingerprint density at radius 1 is 1.47 bits per heavy atom. The zero-order valence-electron chi connectivity index (χ0n) is 11.2. The number of rotatable bonds is 5. The Labute approximate surface area is 112 Å². The van der Waals surface area contributed by atoms with Gasteiger partial charge >= 0.3 is 0 Å². The number of likely N-dealkylation sites (tertiary alicyclic amines) is 1. The van der Waals surface area contributed by atoms with Crippen LogP contribution in [0, 0.1) is 12.8 Å². The van der Waals surface area contributed by atoms with Gasteiger partial charge in [-0.05, 0) is 31.6 Å². The molecular formula is C13H19N3O3. The number of aromatic nitrogens is 2. The van der Waals surface area contributed by atoms with Gasteiger partial charge in [-0.3, -0.25) is 4.79 Å². The largest absolute Gasteiger partial charge is 0.371 e. The molecule has 2 fully saturated rings. The maximum Gasteiger partial charge on any atom is 0.249 e. The van der Waals surface area contributed by atoms with Gasteiger partial charge in [0.2, 0.25) is 11.8 Å². The van der Waals surface area contributed by atoms with Gasteiger partial charge in [0.1, 0.15) is 6.61 Å². The van der Waals surface area contributed by atoms with Gasteiger partial charge in [0, 0.05) is 13.5 Å². The summed E-state index contributed by atoms with van der Waals surface area (Å²) >= 11 is 0. The molecule has 1 aromatic heterocycles. The highest BCUT2D eigenvalue weighted by atomic mass is 16.5. The molecule has 6 heteroatoms. The van der Waals surface area contributed by atoms with Crippen LogP contribution in [-0.4, -0.2) is 40.7 Å². The number of carbonyl (C=O) groups excluding carboxylic acids is 1. The molecule has 1 aromatic rings. The van der Waals surface area contributed by atoms with Crippen LogP contribution in [0.3, 0.4) is 0 Å². The van der Waals surface area contributed by atoms with Gasteiger partial charge < -0.3 is 14.2 Å². The third kappa shape index (κ3) is 2.94. The van der Waals surface area contributed by atoms with Crippen molar-refractivity contribution >= 4 is 5.91 Å². The standard InChI is InChI=1S/C13H19N3O3/c1-9-14-13(15-19-9)11-3-2-6-16(11)12(17)8-18-7-10-4-5-10/h10-11H,2-8H2,1H3. The molecule has 1 atom stereocenters. The van der Waals surface area contributed by atoms with E-state index in [1.54, 1.807) is 6.92 Å². The molecule has 1 aliphatic carbocycles. The van der Waals surface area contributed by atoms with Crippen molar-refractivity contribution in [2.45, 2.75) is 38.6 Å². The maximum absolute atomic E-state index is 12.2. The Bertz CT molecular complexity index is 456. The summed E-state index contributed by atoms with van der Waals surface area (Å²) in [4.78, 5) is 18.2. The molecule has 1 saturated heterocycles. The third-order valence-electron chi connectivity index (χ3n) is 3.69. The summed E-state index contributed by atoms with van der Waals surface area (Å²) < 4.78 is 10.5. The SMILES string of the molecule is Cc1nc(C2CCCN2C(=O)COCC2CC2)no1. The summed E-state index contributed by atoms with van der Waals surface area (Å²) in [7, 11) is 0. The summed E-state index contributed by atoms with van der Waals surface area (Å²) in [6.07, 6.45) is 4.35. The number of aryl methyl sites for hydroxylation is 1. The fourth-order valence-electron chi connectivity index (χ4n) is 2.46. The van der Waals surface area contributed by atoms with Crippen LogP contribution in [0.4, 0.5) is 0 Å². The molecule has 0 N–H and O–H groups in total. The van der Waals surface area contributed by atoms with Gasteiger partial charge in [0.15, 0.2) is 5.82 Å². The van der Waals surface area contributed by atoms with Gasteiger partial charge in [-0.15, -0.1) is 0 Å². The minimum atomic E-state index is -0.0468. The fraction of sp³-hybridized carbons (Fsp3) is 0.769. The van der Waals surface area contributed by atoms with Crippen LogP contribution in [0.1, 0.15) is 43.4 Å². The molecule has 0 bridgehead atoms. The highest BCUT2D eigenvalue weighted by molar-refractivity contribution is 5.78. The Morgan fingerprint density at radius 3 is 3.00 bits per heavy atom. The second kappa shape index (κ2) is 5.28. The number of hydrogen-bond donors (Lipinski definition) is 0. The minimum Gasteiger partial charge on any atom is -0.371 e. The quantitative estimate of drug-likeness (QED) is 0.806. The zero-order chi connectivity index (χ0) is 13.2. The smallest absolute Gasteiger partial charge is 0.249 e. The van der Waals surface area contributed by atoms with Crippen molar-refractivity contribution in [2.24, 2.45) is 5.92 Å². The van der Waals surface area contributed by atoms with Gasteiger partial charge in [0.05, 0.1) is 12.6 Å². The van der Waals surface area contributed by atoms with E-state index < -0.39 is 0 Å². The number of hydrogen-bond acceptors (Lipinski definition) is 5. The molecule has 3 rings (SSSR count). The van der Waals surface area contributed by atoms with E-state index in [-0.39, 0.29) is 18.6 Å². The lowest BCUT2D eigenvalue weighted by atomic mass is 10.2. The molecule has 0 radical (unpaired) electrons. The monoisotopic (exact) mass is 265 g/mol.